The predicted octanol–water partition coefficient (Wildman–Crippen LogP) is 5.61. The molecule has 1 fully saturated rings. The average Bonchev–Trinajstić information content (AvgIpc) is 3.23. The SMILES string of the molecule is O=C(CCc1nc(-c2ccc(Cl)cc2)no1)Nc1ccc(N2CCCCC2)c(Cl)c1. The highest BCUT2D eigenvalue weighted by Crippen LogP contribution is 2.31. The van der Waals surface area contributed by atoms with Gasteiger partial charge in [0, 0.05) is 42.2 Å². The van der Waals surface area contributed by atoms with E-state index in [0.29, 0.717) is 33.9 Å². The molecule has 1 N–H and O–H groups in total. The lowest BCUT2D eigenvalue weighted by Crippen LogP contribution is -2.29. The number of anilines is 2. The molecule has 1 aliphatic heterocycles. The van der Waals surface area contributed by atoms with Gasteiger partial charge in [-0.15, -0.1) is 0 Å². The molecule has 1 amide bonds. The summed E-state index contributed by atoms with van der Waals surface area (Å²) in [5.74, 6) is 0.749. The summed E-state index contributed by atoms with van der Waals surface area (Å²) >= 11 is 12.3. The maximum atomic E-state index is 12.3. The van der Waals surface area contributed by atoms with Crippen LogP contribution < -0.4 is 10.2 Å². The van der Waals surface area contributed by atoms with Crippen molar-refractivity contribution in [2.24, 2.45) is 0 Å². The Hall–Kier alpha value is -2.57. The minimum Gasteiger partial charge on any atom is -0.370 e. The van der Waals surface area contributed by atoms with Gasteiger partial charge < -0.3 is 14.7 Å². The molecule has 0 atom stereocenters. The molecule has 0 unspecified atom stereocenters. The van der Waals surface area contributed by atoms with Crippen LogP contribution in [-0.2, 0) is 11.2 Å². The number of piperidine rings is 1. The van der Waals surface area contributed by atoms with Gasteiger partial charge >= 0.3 is 0 Å². The summed E-state index contributed by atoms with van der Waals surface area (Å²) in [6.45, 7) is 2.04. The van der Waals surface area contributed by atoms with Crippen LogP contribution in [0.5, 0.6) is 0 Å². The fourth-order valence-corrected chi connectivity index (χ4v) is 3.92. The first-order valence-electron chi connectivity index (χ1n) is 10.0. The zero-order chi connectivity index (χ0) is 20.9. The maximum absolute atomic E-state index is 12.3. The van der Waals surface area contributed by atoms with Gasteiger partial charge in [0.2, 0.25) is 17.6 Å². The Morgan fingerprint density at radius 1 is 1.07 bits per heavy atom. The molecule has 8 heteroatoms. The van der Waals surface area contributed by atoms with Crippen molar-refractivity contribution in [1.29, 1.82) is 0 Å². The highest BCUT2D eigenvalue weighted by molar-refractivity contribution is 6.33. The van der Waals surface area contributed by atoms with Gasteiger partial charge in [-0.2, -0.15) is 4.98 Å². The monoisotopic (exact) mass is 444 g/mol. The fourth-order valence-electron chi connectivity index (χ4n) is 3.49. The van der Waals surface area contributed by atoms with Crippen molar-refractivity contribution in [3.05, 3.63) is 58.4 Å². The molecule has 156 valence electrons. The molecular weight excluding hydrogens is 423 g/mol. The molecule has 0 aliphatic carbocycles. The molecule has 0 saturated carbocycles. The third-order valence-corrected chi connectivity index (χ3v) is 5.62. The Balaban J connectivity index is 1.32. The van der Waals surface area contributed by atoms with Crippen LogP contribution in [0.2, 0.25) is 10.0 Å². The first-order valence-corrected chi connectivity index (χ1v) is 10.8. The van der Waals surface area contributed by atoms with Crippen LogP contribution in [0.25, 0.3) is 11.4 Å². The molecule has 4 rings (SSSR count). The quantitative estimate of drug-likeness (QED) is 0.535. The van der Waals surface area contributed by atoms with Crippen LogP contribution in [0.1, 0.15) is 31.6 Å². The molecule has 1 aliphatic rings. The Labute approximate surface area is 185 Å². The van der Waals surface area contributed by atoms with Gasteiger partial charge in [0.25, 0.3) is 0 Å². The number of aromatic nitrogens is 2. The number of rotatable bonds is 6. The largest absolute Gasteiger partial charge is 0.370 e. The fraction of sp³-hybridized carbons (Fsp3) is 0.318. The second-order valence-electron chi connectivity index (χ2n) is 7.28. The number of nitrogens with zero attached hydrogens (tertiary/aromatic N) is 3. The van der Waals surface area contributed by atoms with E-state index < -0.39 is 0 Å². The number of benzene rings is 2. The minimum absolute atomic E-state index is 0.136. The number of hydrogen-bond acceptors (Lipinski definition) is 5. The van der Waals surface area contributed by atoms with E-state index in [9.17, 15) is 4.79 Å². The normalized spacial score (nSPS) is 14.0. The van der Waals surface area contributed by atoms with E-state index in [1.54, 1.807) is 18.2 Å². The van der Waals surface area contributed by atoms with Gasteiger partial charge in [-0.25, -0.2) is 0 Å². The lowest BCUT2D eigenvalue weighted by atomic mass is 10.1. The van der Waals surface area contributed by atoms with Crippen LogP contribution in [0.4, 0.5) is 11.4 Å². The van der Waals surface area contributed by atoms with Gasteiger partial charge in [0.1, 0.15) is 0 Å². The number of hydrogen-bond donors (Lipinski definition) is 1. The van der Waals surface area contributed by atoms with E-state index in [-0.39, 0.29) is 12.3 Å². The number of carbonyl (C=O) groups excluding carboxylic acids is 1. The molecule has 1 aromatic heterocycles. The molecular formula is C22H22Cl2N4O2. The molecule has 2 aromatic carbocycles. The highest BCUT2D eigenvalue weighted by atomic mass is 35.5. The minimum atomic E-state index is -0.136. The summed E-state index contributed by atoms with van der Waals surface area (Å²) in [5, 5.41) is 8.14. The summed E-state index contributed by atoms with van der Waals surface area (Å²) < 4.78 is 5.25. The lowest BCUT2D eigenvalue weighted by molar-refractivity contribution is -0.116. The van der Waals surface area contributed by atoms with Gasteiger partial charge in [-0.3, -0.25) is 4.79 Å². The number of nitrogens with one attached hydrogen (secondary N) is 1. The van der Waals surface area contributed by atoms with E-state index in [2.05, 4.69) is 20.4 Å². The number of aryl methyl sites for hydroxylation is 1. The summed E-state index contributed by atoms with van der Waals surface area (Å²) in [5.41, 5.74) is 2.51. The van der Waals surface area contributed by atoms with Crippen LogP contribution in [0, 0.1) is 0 Å². The van der Waals surface area contributed by atoms with Crippen molar-refractivity contribution in [3.63, 3.8) is 0 Å². The zero-order valence-electron chi connectivity index (χ0n) is 16.4. The van der Waals surface area contributed by atoms with Crippen molar-refractivity contribution >= 4 is 40.5 Å². The third-order valence-electron chi connectivity index (χ3n) is 5.06. The van der Waals surface area contributed by atoms with E-state index in [0.717, 1.165) is 24.3 Å². The number of halogens is 2. The molecule has 2 heterocycles. The Morgan fingerprint density at radius 3 is 2.57 bits per heavy atom. The van der Waals surface area contributed by atoms with Gasteiger partial charge in [0.15, 0.2) is 0 Å². The number of carbonyl (C=O) groups is 1. The lowest BCUT2D eigenvalue weighted by Gasteiger charge is -2.29. The first-order chi connectivity index (χ1) is 14.6. The van der Waals surface area contributed by atoms with Crippen LogP contribution in [0.3, 0.4) is 0 Å². The third kappa shape index (κ3) is 5.12. The van der Waals surface area contributed by atoms with E-state index in [4.69, 9.17) is 27.7 Å². The molecule has 30 heavy (non-hydrogen) atoms. The van der Waals surface area contributed by atoms with Crippen molar-refractivity contribution in [1.82, 2.24) is 10.1 Å². The van der Waals surface area contributed by atoms with E-state index in [1.807, 2.05) is 24.3 Å². The highest BCUT2D eigenvalue weighted by Gasteiger charge is 2.15. The smallest absolute Gasteiger partial charge is 0.227 e. The standard InChI is InChI=1S/C22H22Cl2N4O2/c23-16-6-4-15(5-7-16)22-26-21(30-27-22)11-10-20(29)25-17-8-9-19(18(24)14-17)28-12-2-1-3-13-28/h4-9,14H,1-3,10-13H2,(H,25,29). The maximum Gasteiger partial charge on any atom is 0.227 e. The van der Waals surface area contributed by atoms with Gasteiger partial charge in [-0.05, 0) is 61.7 Å². The molecule has 0 spiro atoms. The topological polar surface area (TPSA) is 71.3 Å². The summed E-state index contributed by atoms with van der Waals surface area (Å²) in [4.78, 5) is 19.0. The van der Waals surface area contributed by atoms with Crippen molar-refractivity contribution < 1.29 is 9.32 Å². The summed E-state index contributed by atoms with van der Waals surface area (Å²) in [7, 11) is 0. The Bertz CT molecular complexity index is 1010. The van der Waals surface area contributed by atoms with Crippen LogP contribution in [-0.4, -0.2) is 29.1 Å². The van der Waals surface area contributed by atoms with E-state index >= 15 is 0 Å². The predicted molar refractivity (Wildman–Crippen MR) is 119 cm³/mol. The molecule has 6 nitrogen and oxygen atoms in total. The Morgan fingerprint density at radius 2 is 1.83 bits per heavy atom. The van der Waals surface area contributed by atoms with Crippen molar-refractivity contribution in [2.75, 3.05) is 23.3 Å². The number of amides is 1. The molecule has 0 bridgehead atoms. The molecule has 1 saturated heterocycles. The average molecular weight is 445 g/mol. The first kappa shape index (κ1) is 20.7. The summed E-state index contributed by atoms with van der Waals surface area (Å²) in [6, 6.07) is 12.8. The van der Waals surface area contributed by atoms with Crippen molar-refractivity contribution in [2.45, 2.75) is 32.1 Å². The van der Waals surface area contributed by atoms with Gasteiger partial charge in [0.05, 0.1) is 10.7 Å². The van der Waals surface area contributed by atoms with Crippen LogP contribution >= 0.6 is 23.2 Å². The Kier molecular flexibility index (Phi) is 6.55. The summed E-state index contributed by atoms with van der Waals surface area (Å²) in [6.07, 6.45) is 4.22. The molecule has 3 aromatic rings. The van der Waals surface area contributed by atoms with Gasteiger partial charge in [-0.1, -0.05) is 28.4 Å². The van der Waals surface area contributed by atoms with Crippen LogP contribution in [0.15, 0.2) is 47.0 Å². The second-order valence-corrected chi connectivity index (χ2v) is 8.12. The second kappa shape index (κ2) is 9.49. The van der Waals surface area contributed by atoms with E-state index in [1.165, 1.54) is 19.3 Å². The molecule has 0 radical (unpaired) electrons. The zero-order valence-corrected chi connectivity index (χ0v) is 17.9. The van der Waals surface area contributed by atoms with Crippen molar-refractivity contribution in [3.8, 4) is 11.4 Å².